The summed E-state index contributed by atoms with van der Waals surface area (Å²) in [6, 6.07) is 23.9. The van der Waals surface area contributed by atoms with Crippen LogP contribution in [0.4, 0.5) is 10.1 Å². The highest BCUT2D eigenvalue weighted by molar-refractivity contribution is 6.03. The standard InChI is InChI=1S/C23H19FN2O.ClH/c24-17-9-11-18(12-10-17)26-22(25)14-21(27)23-19-7-3-1-5-15(19)13-16-6-2-4-8-20(16)23;/h1-13,21,27H,14H2,(H2,25,26);1H. The predicted molar refractivity (Wildman–Crippen MR) is 116 cm³/mol. The van der Waals surface area contributed by atoms with Crippen LogP contribution in [0.1, 0.15) is 18.1 Å². The highest BCUT2D eigenvalue weighted by Crippen LogP contribution is 2.34. The summed E-state index contributed by atoms with van der Waals surface area (Å²) in [7, 11) is 0. The molecule has 0 bridgehead atoms. The normalized spacial score (nSPS) is 12.7. The number of halogens is 2. The molecule has 1 atom stereocenters. The van der Waals surface area contributed by atoms with Crippen LogP contribution in [0, 0.1) is 5.82 Å². The van der Waals surface area contributed by atoms with E-state index in [1.165, 1.54) is 12.1 Å². The molecule has 0 aromatic heterocycles. The maximum atomic E-state index is 13.0. The molecule has 142 valence electrons. The van der Waals surface area contributed by atoms with Gasteiger partial charge in [-0.25, -0.2) is 9.38 Å². The van der Waals surface area contributed by atoms with Crippen molar-refractivity contribution in [1.29, 1.82) is 0 Å². The van der Waals surface area contributed by atoms with Crippen molar-refractivity contribution >= 4 is 45.5 Å². The quantitative estimate of drug-likeness (QED) is 0.266. The number of amidine groups is 1. The van der Waals surface area contributed by atoms with Crippen molar-refractivity contribution in [2.75, 3.05) is 0 Å². The number of aliphatic hydroxyl groups is 1. The van der Waals surface area contributed by atoms with Gasteiger partial charge in [-0.15, -0.1) is 12.4 Å². The number of hydrogen-bond acceptors (Lipinski definition) is 2. The minimum Gasteiger partial charge on any atom is -0.388 e. The van der Waals surface area contributed by atoms with Crippen molar-refractivity contribution in [3.63, 3.8) is 0 Å². The van der Waals surface area contributed by atoms with Gasteiger partial charge in [-0.1, -0.05) is 48.5 Å². The van der Waals surface area contributed by atoms with E-state index in [0.717, 1.165) is 27.1 Å². The maximum Gasteiger partial charge on any atom is 0.123 e. The molecule has 0 aliphatic carbocycles. The van der Waals surface area contributed by atoms with Gasteiger partial charge in [0.05, 0.1) is 11.8 Å². The van der Waals surface area contributed by atoms with E-state index in [2.05, 4.69) is 11.1 Å². The Balaban J connectivity index is 0.00000225. The second kappa shape index (κ2) is 8.38. The Labute approximate surface area is 168 Å². The Hall–Kier alpha value is -2.95. The van der Waals surface area contributed by atoms with Crippen LogP contribution in [0.5, 0.6) is 0 Å². The summed E-state index contributed by atoms with van der Waals surface area (Å²) in [5.41, 5.74) is 7.47. The Bertz CT molecular complexity index is 1090. The van der Waals surface area contributed by atoms with Crippen LogP contribution < -0.4 is 5.73 Å². The first-order chi connectivity index (χ1) is 13.1. The number of fused-ring (bicyclic) bond motifs is 2. The minimum atomic E-state index is -0.801. The zero-order valence-corrected chi connectivity index (χ0v) is 15.9. The maximum absolute atomic E-state index is 13.0. The summed E-state index contributed by atoms with van der Waals surface area (Å²) in [6.07, 6.45) is -0.611. The van der Waals surface area contributed by atoms with E-state index < -0.39 is 6.10 Å². The second-order valence-electron chi connectivity index (χ2n) is 6.53. The average Bonchev–Trinajstić information content (AvgIpc) is 2.67. The van der Waals surface area contributed by atoms with E-state index in [1.54, 1.807) is 12.1 Å². The first kappa shape index (κ1) is 19.8. The van der Waals surface area contributed by atoms with E-state index in [-0.39, 0.29) is 24.6 Å². The molecule has 3 N–H and O–H groups in total. The third kappa shape index (κ3) is 3.98. The van der Waals surface area contributed by atoms with E-state index in [0.29, 0.717) is 11.5 Å². The molecule has 4 aromatic rings. The van der Waals surface area contributed by atoms with Gasteiger partial charge in [0, 0.05) is 6.42 Å². The van der Waals surface area contributed by atoms with Crippen LogP contribution in [-0.2, 0) is 0 Å². The molecule has 28 heavy (non-hydrogen) atoms. The van der Waals surface area contributed by atoms with E-state index in [4.69, 9.17) is 5.73 Å². The van der Waals surface area contributed by atoms with Crippen LogP contribution in [0.3, 0.4) is 0 Å². The molecule has 0 aliphatic heterocycles. The van der Waals surface area contributed by atoms with Crippen LogP contribution in [-0.4, -0.2) is 10.9 Å². The number of nitrogens with zero attached hydrogens (tertiary/aromatic N) is 1. The van der Waals surface area contributed by atoms with Gasteiger partial charge in [0.25, 0.3) is 0 Å². The van der Waals surface area contributed by atoms with Crippen LogP contribution in [0.15, 0.2) is 83.9 Å². The van der Waals surface area contributed by atoms with Gasteiger partial charge < -0.3 is 10.8 Å². The van der Waals surface area contributed by atoms with Crippen LogP contribution >= 0.6 is 12.4 Å². The highest BCUT2D eigenvalue weighted by atomic mass is 35.5. The third-order valence-electron chi connectivity index (χ3n) is 4.65. The molecular formula is C23H20ClFN2O. The van der Waals surface area contributed by atoms with Crippen molar-refractivity contribution in [2.24, 2.45) is 10.7 Å². The molecule has 0 fully saturated rings. The third-order valence-corrected chi connectivity index (χ3v) is 4.65. The minimum absolute atomic E-state index is 0. The largest absolute Gasteiger partial charge is 0.388 e. The molecule has 1 unspecified atom stereocenters. The smallest absolute Gasteiger partial charge is 0.123 e. The van der Waals surface area contributed by atoms with Crippen LogP contribution in [0.2, 0.25) is 0 Å². The number of rotatable bonds is 4. The number of benzene rings is 4. The Morgan fingerprint density at radius 2 is 1.43 bits per heavy atom. The summed E-state index contributed by atoms with van der Waals surface area (Å²) >= 11 is 0. The van der Waals surface area contributed by atoms with Gasteiger partial charge in [-0.3, -0.25) is 0 Å². The highest BCUT2D eigenvalue weighted by Gasteiger charge is 2.17. The Morgan fingerprint density at radius 1 is 0.893 bits per heavy atom. The number of aliphatic hydroxyl groups excluding tert-OH is 1. The molecule has 4 aromatic carbocycles. The summed E-state index contributed by atoms with van der Waals surface area (Å²) in [6.45, 7) is 0. The molecule has 0 spiro atoms. The molecule has 0 aliphatic rings. The average molecular weight is 395 g/mol. The topological polar surface area (TPSA) is 58.6 Å². The lowest BCUT2D eigenvalue weighted by Crippen LogP contribution is -2.16. The fourth-order valence-corrected chi connectivity index (χ4v) is 3.44. The molecule has 5 heteroatoms. The Kier molecular flexibility index (Phi) is 5.93. The molecule has 0 saturated heterocycles. The molecule has 3 nitrogen and oxygen atoms in total. The van der Waals surface area contributed by atoms with E-state index >= 15 is 0 Å². The van der Waals surface area contributed by atoms with Gasteiger partial charge in [0.2, 0.25) is 0 Å². The summed E-state index contributed by atoms with van der Waals surface area (Å²) in [4.78, 5) is 4.29. The lowest BCUT2D eigenvalue weighted by atomic mass is 9.92. The second-order valence-corrected chi connectivity index (χ2v) is 6.53. The van der Waals surface area contributed by atoms with Gasteiger partial charge in [-0.2, -0.15) is 0 Å². The van der Waals surface area contributed by atoms with E-state index in [9.17, 15) is 9.50 Å². The first-order valence-corrected chi connectivity index (χ1v) is 8.79. The van der Waals surface area contributed by atoms with Crippen molar-refractivity contribution in [3.05, 3.63) is 90.2 Å². The van der Waals surface area contributed by atoms with Crippen molar-refractivity contribution < 1.29 is 9.50 Å². The number of nitrogens with two attached hydrogens (primary N) is 1. The van der Waals surface area contributed by atoms with Crippen molar-refractivity contribution in [2.45, 2.75) is 12.5 Å². The summed E-state index contributed by atoms with van der Waals surface area (Å²) in [5, 5.41) is 15.1. The molecule has 4 rings (SSSR count). The van der Waals surface area contributed by atoms with Gasteiger partial charge >= 0.3 is 0 Å². The molecule has 0 radical (unpaired) electrons. The van der Waals surface area contributed by atoms with Crippen LogP contribution in [0.25, 0.3) is 21.5 Å². The summed E-state index contributed by atoms with van der Waals surface area (Å²) in [5.74, 6) is -0.0269. The fraction of sp³-hybridized carbons (Fsp3) is 0.0870. The lowest BCUT2D eigenvalue weighted by molar-refractivity contribution is 0.189. The Morgan fingerprint density at radius 3 is 2.00 bits per heavy atom. The van der Waals surface area contributed by atoms with E-state index in [1.807, 2.05) is 48.5 Å². The SMILES string of the molecule is Cl.NC(CC(O)c1c2ccccc2cc2ccccc12)=Nc1ccc(F)cc1. The van der Waals surface area contributed by atoms with Gasteiger partial charge in [0.15, 0.2) is 0 Å². The number of aliphatic imine (C=N–C) groups is 1. The fourth-order valence-electron chi connectivity index (χ4n) is 3.44. The van der Waals surface area contributed by atoms with Crippen molar-refractivity contribution in [1.82, 2.24) is 0 Å². The predicted octanol–water partition coefficient (Wildman–Crippen LogP) is 5.67. The van der Waals surface area contributed by atoms with Gasteiger partial charge in [0.1, 0.15) is 11.7 Å². The van der Waals surface area contributed by atoms with Crippen molar-refractivity contribution in [3.8, 4) is 0 Å². The summed E-state index contributed by atoms with van der Waals surface area (Å²) < 4.78 is 13.0. The zero-order chi connectivity index (χ0) is 18.8. The molecular weight excluding hydrogens is 375 g/mol. The molecule has 0 amide bonds. The molecule has 0 saturated carbocycles. The molecule has 0 heterocycles. The van der Waals surface area contributed by atoms with Gasteiger partial charge in [-0.05, 0) is 57.4 Å². The monoisotopic (exact) mass is 394 g/mol. The first-order valence-electron chi connectivity index (χ1n) is 8.79. The zero-order valence-electron chi connectivity index (χ0n) is 15.0. The number of hydrogen-bond donors (Lipinski definition) is 2. The lowest BCUT2D eigenvalue weighted by Gasteiger charge is -2.17.